The predicted molar refractivity (Wildman–Crippen MR) is 59.0 cm³/mol. The van der Waals surface area contributed by atoms with Crippen LogP contribution in [0, 0.1) is 13.8 Å². The zero-order valence-corrected chi connectivity index (χ0v) is 10.1. The van der Waals surface area contributed by atoms with E-state index in [1.807, 2.05) is 40.0 Å². The first-order chi connectivity index (χ1) is 6.31. The van der Waals surface area contributed by atoms with Gasteiger partial charge in [-0.1, -0.05) is 0 Å². The van der Waals surface area contributed by atoms with Gasteiger partial charge in [0.05, 0.1) is 5.56 Å². The van der Waals surface area contributed by atoms with Crippen LogP contribution in [0.2, 0.25) is 0 Å². The van der Waals surface area contributed by atoms with E-state index in [0.29, 0.717) is 5.56 Å². The number of esters is 1. The lowest BCUT2D eigenvalue weighted by Crippen LogP contribution is -2.24. The van der Waals surface area contributed by atoms with Gasteiger partial charge in [0.25, 0.3) is 0 Å². The van der Waals surface area contributed by atoms with E-state index in [1.54, 1.807) is 11.3 Å². The molecule has 0 radical (unpaired) electrons. The third-order valence-electron chi connectivity index (χ3n) is 1.90. The minimum atomic E-state index is -0.417. The van der Waals surface area contributed by atoms with Gasteiger partial charge in [0.1, 0.15) is 5.60 Å². The summed E-state index contributed by atoms with van der Waals surface area (Å²) in [7, 11) is 0. The number of rotatable bonds is 1. The first kappa shape index (κ1) is 11.2. The molecule has 0 atom stereocenters. The highest BCUT2D eigenvalue weighted by molar-refractivity contribution is 7.10. The summed E-state index contributed by atoms with van der Waals surface area (Å²) in [6.07, 6.45) is 0. The van der Waals surface area contributed by atoms with Crippen molar-refractivity contribution in [2.24, 2.45) is 0 Å². The molecule has 2 nitrogen and oxygen atoms in total. The van der Waals surface area contributed by atoms with Gasteiger partial charge in [-0.3, -0.25) is 0 Å². The highest BCUT2D eigenvalue weighted by Gasteiger charge is 2.20. The zero-order chi connectivity index (χ0) is 10.9. The summed E-state index contributed by atoms with van der Waals surface area (Å²) in [5.74, 6) is -0.223. The van der Waals surface area contributed by atoms with Gasteiger partial charge in [0.15, 0.2) is 0 Å². The number of ether oxygens (including phenoxy) is 1. The van der Waals surface area contributed by atoms with Crippen LogP contribution in [0.25, 0.3) is 0 Å². The topological polar surface area (TPSA) is 26.3 Å². The van der Waals surface area contributed by atoms with Gasteiger partial charge in [-0.05, 0) is 40.2 Å². The van der Waals surface area contributed by atoms with Crippen LogP contribution in [-0.2, 0) is 4.74 Å². The van der Waals surface area contributed by atoms with Gasteiger partial charge in [-0.2, -0.15) is 0 Å². The largest absolute Gasteiger partial charge is 0.456 e. The predicted octanol–water partition coefficient (Wildman–Crippen LogP) is 3.32. The molecule has 0 saturated heterocycles. The van der Waals surface area contributed by atoms with Crippen molar-refractivity contribution in [2.45, 2.75) is 40.2 Å². The maximum atomic E-state index is 11.7. The maximum Gasteiger partial charge on any atom is 0.339 e. The third kappa shape index (κ3) is 2.58. The average Bonchev–Trinajstić information content (AvgIpc) is 2.29. The molecular weight excluding hydrogens is 196 g/mol. The van der Waals surface area contributed by atoms with Gasteiger partial charge in [-0.25, -0.2) is 4.79 Å². The molecule has 3 heteroatoms. The number of carbonyl (C=O) groups is 1. The summed E-state index contributed by atoms with van der Waals surface area (Å²) in [6.45, 7) is 9.58. The van der Waals surface area contributed by atoms with E-state index in [0.717, 1.165) is 5.56 Å². The second kappa shape index (κ2) is 3.73. The fraction of sp³-hybridized carbons (Fsp3) is 0.545. The van der Waals surface area contributed by atoms with Crippen LogP contribution in [0.3, 0.4) is 0 Å². The molecule has 78 valence electrons. The Hall–Kier alpha value is -0.830. The molecule has 0 unspecified atom stereocenters. The van der Waals surface area contributed by atoms with Gasteiger partial charge in [0.2, 0.25) is 0 Å². The Kier molecular flexibility index (Phi) is 3.00. The Labute approximate surface area is 88.9 Å². The Morgan fingerprint density at radius 1 is 1.36 bits per heavy atom. The zero-order valence-electron chi connectivity index (χ0n) is 9.30. The molecule has 0 aliphatic heterocycles. The van der Waals surface area contributed by atoms with Crippen LogP contribution < -0.4 is 0 Å². The second-order valence-corrected chi connectivity index (χ2v) is 5.42. The molecule has 0 fully saturated rings. The minimum Gasteiger partial charge on any atom is -0.456 e. The summed E-state index contributed by atoms with van der Waals surface area (Å²) in [5, 5.41) is 1.86. The van der Waals surface area contributed by atoms with Gasteiger partial charge >= 0.3 is 5.97 Å². The molecule has 1 aromatic rings. The first-order valence-corrected chi connectivity index (χ1v) is 5.47. The highest BCUT2D eigenvalue weighted by Crippen LogP contribution is 2.22. The number of hydrogen-bond donors (Lipinski definition) is 0. The molecule has 0 spiro atoms. The van der Waals surface area contributed by atoms with Crippen molar-refractivity contribution >= 4 is 17.3 Å². The van der Waals surface area contributed by atoms with Crippen molar-refractivity contribution in [3.63, 3.8) is 0 Å². The second-order valence-electron chi connectivity index (χ2n) is 4.33. The monoisotopic (exact) mass is 212 g/mol. The Balaban J connectivity index is 2.86. The first-order valence-electron chi connectivity index (χ1n) is 4.59. The van der Waals surface area contributed by atoms with Crippen LogP contribution >= 0.6 is 11.3 Å². The summed E-state index contributed by atoms with van der Waals surface area (Å²) in [4.78, 5) is 12.9. The van der Waals surface area contributed by atoms with Crippen molar-refractivity contribution in [2.75, 3.05) is 0 Å². The quantitative estimate of drug-likeness (QED) is 0.667. The van der Waals surface area contributed by atoms with E-state index >= 15 is 0 Å². The molecule has 14 heavy (non-hydrogen) atoms. The highest BCUT2D eigenvalue weighted by atomic mass is 32.1. The van der Waals surface area contributed by atoms with E-state index < -0.39 is 5.60 Å². The number of thiophene rings is 1. The van der Waals surface area contributed by atoms with E-state index in [2.05, 4.69) is 0 Å². The summed E-state index contributed by atoms with van der Waals surface area (Å²) in [5.41, 5.74) is 1.31. The molecule has 0 amide bonds. The molecule has 0 aliphatic rings. The Morgan fingerprint density at radius 2 is 1.93 bits per heavy atom. The third-order valence-corrected chi connectivity index (χ3v) is 2.92. The fourth-order valence-electron chi connectivity index (χ4n) is 1.05. The molecule has 0 aliphatic carbocycles. The van der Waals surface area contributed by atoms with Crippen LogP contribution in [0.5, 0.6) is 0 Å². The van der Waals surface area contributed by atoms with Crippen LogP contribution in [0.4, 0.5) is 0 Å². The van der Waals surface area contributed by atoms with Crippen molar-refractivity contribution in [3.8, 4) is 0 Å². The molecule has 1 heterocycles. The maximum absolute atomic E-state index is 11.7. The average molecular weight is 212 g/mol. The number of aryl methyl sites for hydroxylation is 1. The molecule has 0 bridgehead atoms. The number of carbonyl (C=O) groups excluding carboxylic acids is 1. The van der Waals surface area contributed by atoms with Crippen molar-refractivity contribution in [3.05, 3.63) is 21.4 Å². The SMILES string of the molecule is Cc1scc(C(=O)OC(C)(C)C)c1C. The molecule has 1 rings (SSSR count). The molecule has 1 aromatic heterocycles. The summed E-state index contributed by atoms with van der Waals surface area (Å²) in [6, 6.07) is 0. The standard InChI is InChI=1S/C11H16O2S/c1-7-8(2)14-6-9(7)10(12)13-11(3,4)5/h6H,1-5H3. The molecule has 0 aromatic carbocycles. The van der Waals surface area contributed by atoms with Crippen molar-refractivity contribution in [1.29, 1.82) is 0 Å². The lowest BCUT2D eigenvalue weighted by molar-refractivity contribution is 0.00693. The van der Waals surface area contributed by atoms with E-state index in [4.69, 9.17) is 4.74 Å². The smallest absolute Gasteiger partial charge is 0.339 e. The van der Waals surface area contributed by atoms with Gasteiger partial charge < -0.3 is 4.74 Å². The molecule has 0 N–H and O–H groups in total. The van der Waals surface area contributed by atoms with Crippen LogP contribution in [0.1, 0.15) is 41.6 Å². The summed E-state index contributed by atoms with van der Waals surface area (Å²) >= 11 is 1.58. The summed E-state index contributed by atoms with van der Waals surface area (Å²) < 4.78 is 5.29. The normalized spacial score (nSPS) is 11.5. The fourth-order valence-corrected chi connectivity index (χ4v) is 1.90. The van der Waals surface area contributed by atoms with Crippen LogP contribution in [0.15, 0.2) is 5.38 Å². The van der Waals surface area contributed by atoms with E-state index in [9.17, 15) is 4.79 Å². The van der Waals surface area contributed by atoms with E-state index in [-0.39, 0.29) is 5.97 Å². The van der Waals surface area contributed by atoms with Crippen LogP contribution in [-0.4, -0.2) is 11.6 Å². The van der Waals surface area contributed by atoms with Gasteiger partial charge in [-0.15, -0.1) is 11.3 Å². The van der Waals surface area contributed by atoms with Crippen molar-refractivity contribution in [1.82, 2.24) is 0 Å². The van der Waals surface area contributed by atoms with Crippen molar-refractivity contribution < 1.29 is 9.53 Å². The molecular formula is C11H16O2S. The Morgan fingerprint density at radius 3 is 2.29 bits per heavy atom. The number of hydrogen-bond acceptors (Lipinski definition) is 3. The molecule has 0 saturated carbocycles. The lowest BCUT2D eigenvalue weighted by atomic mass is 10.1. The van der Waals surface area contributed by atoms with E-state index in [1.165, 1.54) is 4.88 Å². The minimum absolute atomic E-state index is 0.223. The Bertz CT molecular complexity index is 345. The lowest BCUT2D eigenvalue weighted by Gasteiger charge is -2.19. The van der Waals surface area contributed by atoms with Gasteiger partial charge in [0, 0.05) is 10.3 Å².